The van der Waals surface area contributed by atoms with E-state index in [-0.39, 0.29) is 0 Å². The molecule has 0 aliphatic rings. The zero-order valence-electron chi connectivity index (χ0n) is 14.2. The van der Waals surface area contributed by atoms with Gasteiger partial charge in [-0.05, 0) is 29.3 Å². The van der Waals surface area contributed by atoms with Crippen LogP contribution in [0.15, 0.2) is 91.4 Å². The van der Waals surface area contributed by atoms with E-state index < -0.39 is 6.10 Å². The average molecular weight is 341 g/mol. The Bertz CT molecular complexity index is 980. The van der Waals surface area contributed by atoms with E-state index in [1.165, 1.54) is 0 Å². The van der Waals surface area contributed by atoms with Gasteiger partial charge in [0.25, 0.3) is 0 Å². The smallest absolute Gasteiger partial charge is 0.0985 e. The Kier molecular flexibility index (Phi) is 4.58. The van der Waals surface area contributed by atoms with Crippen molar-refractivity contribution in [2.75, 3.05) is 0 Å². The number of hydrogen-bond acceptors (Lipinski definition) is 3. The molecule has 0 spiro atoms. The molecule has 2 heterocycles. The molecule has 1 atom stereocenters. The van der Waals surface area contributed by atoms with Gasteiger partial charge in [0.05, 0.1) is 18.3 Å². The second kappa shape index (κ2) is 7.33. The van der Waals surface area contributed by atoms with Gasteiger partial charge in [0.15, 0.2) is 0 Å². The Morgan fingerprint density at radius 1 is 0.846 bits per heavy atom. The molecular formula is C22H19N3O. The molecule has 0 radical (unpaired) electrons. The summed E-state index contributed by atoms with van der Waals surface area (Å²) in [5.74, 6) is 0. The van der Waals surface area contributed by atoms with Crippen molar-refractivity contribution < 1.29 is 5.11 Å². The fraction of sp³-hybridized carbons (Fsp3) is 0.0909. The van der Waals surface area contributed by atoms with Gasteiger partial charge in [-0.3, -0.25) is 9.67 Å². The maximum Gasteiger partial charge on any atom is 0.0985 e. The second-order valence-electron chi connectivity index (χ2n) is 6.17. The van der Waals surface area contributed by atoms with Gasteiger partial charge in [0.1, 0.15) is 0 Å². The highest BCUT2D eigenvalue weighted by molar-refractivity contribution is 5.70. The number of pyridine rings is 1. The molecule has 4 heteroatoms. The minimum absolute atomic E-state index is 0.423. The third kappa shape index (κ3) is 3.55. The highest BCUT2D eigenvalue weighted by Gasteiger charge is 2.10. The lowest BCUT2D eigenvalue weighted by molar-refractivity contribution is 0.151. The van der Waals surface area contributed by atoms with Crippen molar-refractivity contribution in [1.29, 1.82) is 0 Å². The number of hydrogen-bond donors (Lipinski definition) is 1. The summed E-state index contributed by atoms with van der Waals surface area (Å²) >= 11 is 0. The molecule has 0 saturated heterocycles. The Labute approximate surface area is 152 Å². The second-order valence-corrected chi connectivity index (χ2v) is 6.17. The minimum Gasteiger partial charge on any atom is -0.386 e. The zero-order valence-corrected chi connectivity index (χ0v) is 14.2. The maximum absolute atomic E-state index is 10.4. The van der Waals surface area contributed by atoms with Crippen molar-refractivity contribution in [2.45, 2.75) is 12.6 Å². The van der Waals surface area contributed by atoms with Gasteiger partial charge in [0, 0.05) is 29.7 Å². The predicted octanol–water partition coefficient (Wildman–Crippen LogP) is 4.35. The van der Waals surface area contributed by atoms with Crippen molar-refractivity contribution in [1.82, 2.24) is 14.8 Å². The molecule has 4 nitrogen and oxygen atoms in total. The standard InChI is InChI=1S/C22H19N3O/c26-22(17-6-2-1-3-7-17)16-25-13-11-21(24-25)19-9-4-8-18(14-19)20-10-5-12-23-15-20/h1-15,22,26H,16H2/t22-/m0/s1. The lowest BCUT2D eigenvalue weighted by Crippen LogP contribution is -2.09. The lowest BCUT2D eigenvalue weighted by atomic mass is 10.0. The van der Waals surface area contributed by atoms with Crippen LogP contribution in [0.25, 0.3) is 22.4 Å². The van der Waals surface area contributed by atoms with E-state index in [1.54, 1.807) is 10.9 Å². The molecule has 1 N–H and O–H groups in total. The molecule has 128 valence electrons. The van der Waals surface area contributed by atoms with Gasteiger partial charge in [-0.2, -0.15) is 5.10 Å². The van der Waals surface area contributed by atoms with Gasteiger partial charge in [-0.1, -0.05) is 54.6 Å². The van der Waals surface area contributed by atoms with Crippen molar-refractivity contribution >= 4 is 0 Å². The molecule has 0 saturated carbocycles. The molecule has 0 amide bonds. The quantitative estimate of drug-likeness (QED) is 0.587. The van der Waals surface area contributed by atoms with Crippen LogP contribution in [0.1, 0.15) is 11.7 Å². The molecule has 0 unspecified atom stereocenters. The summed E-state index contributed by atoms with van der Waals surface area (Å²) in [6, 6.07) is 23.8. The van der Waals surface area contributed by atoms with Crippen LogP contribution in [0, 0.1) is 0 Å². The summed E-state index contributed by atoms with van der Waals surface area (Å²) < 4.78 is 1.78. The van der Waals surface area contributed by atoms with Gasteiger partial charge < -0.3 is 5.11 Å². The van der Waals surface area contributed by atoms with Crippen LogP contribution in [0.3, 0.4) is 0 Å². The SMILES string of the molecule is O[C@@H](Cn1ccc(-c2cccc(-c3cccnc3)c2)n1)c1ccccc1. The molecule has 2 aromatic heterocycles. The average Bonchev–Trinajstić information content (AvgIpc) is 3.18. The summed E-state index contributed by atoms with van der Waals surface area (Å²) in [7, 11) is 0. The largest absolute Gasteiger partial charge is 0.386 e. The monoisotopic (exact) mass is 341 g/mol. The fourth-order valence-electron chi connectivity index (χ4n) is 2.97. The molecule has 0 aliphatic heterocycles. The number of aromatic nitrogens is 3. The summed E-state index contributed by atoms with van der Waals surface area (Å²) in [4.78, 5) is 4.18. The molecule has 4 rings (SSSR count). The van der Waals surface area contributed by atoms with Crippen LogP contribution in [0.2, 0.25) is 0 Å². The topological polar surface area (TPSA) is 50.9 Å². The molecular weight excluding hydrogens is 322 g/mol. The van der Waals surface area contributed by atoms with Crippen LogP contribution in [0.5, 0.6) is 0 Å². The third-order valence-electron chi connectivity index (χ3n) is 4.34. The van der Waals surface area contributed by atoms with E-state index in [4.69, 9.17) is 0 Å². The van der Waals surface area contributed by atoms with Crippen LogP contribution < -0.4 is 0 Å². The summed E-state index contributed by atoms with van der Waals surface area (Å²) in [5.41, 5.74) is 5.00. The summed E-state index contributed by atoms with van der Waals surface area (Å²) in [6.07, 6.45) is 4.95. The number of nitrogens with zero attached hydrogens (tertiary/aromatic N) is 3. The third-order valence-corrected chi connectivity index (χ3v) is 4.34. The number of rotatable bonds is 5. The van der Waals surface area contributed by atoms with E-state index in [0.717, 1.165) is 27.9 Å². The van der Waals surface area contributed by atoms with Crippen LogP contribution in [0.4, 0.5) is 0 Å². The van der Waals surface area contributed by atoms with Crippen molar-refractivity contribution in [3.05, 3.63) is 97.0 Å². The first-order valence-electron chi connectivity index (χ1n) is 8.57. The molecule has 0 aliphatic carbocycles. The van der Waals surface area contributed by atoms with Crippen LogP contribution >= 0.6 is 0 Å². The fourth-order valence-corrected chi connectivity index (χ4v) is 2.97. The normalized spacial score (nSPS) is 12.0. The van der Waals surface area contributed by atoms with Crippen molar-refractivity contribution in [3.8, 4) is 22.4 Å². The first-order chi connectivity index (χ1) is 12.8. The molecule has 26 heavy (non-hydrogen) atoms. The molecule has 4 aromatic rings. The first-order valence-corrected chi connectivity index (χ1v) is 8.57. The Morgan fingerprint density at radius 3 is 2.46 bits per heavy atom. The zero-order chi connectivity index (χ0) is 17.8. The lowest BCUT2D eigenvalue weighted by Gasteiger charge is -2.10. The number of aliphatic hydroxyl groups excluding tert-OH is 1. The van der Waals surface area contributed by atoms with Gasteiger partial charge in [-0.25, -0.2) is 0 Å². The van der Waals surface area contributed by atoms with Crippen molar-refractivity contribution in [2.24, 2.45) is 0 Å². The van der Waals surface area contributed by atoms with E-state index in [9.17, 15) is 5.11 Å². The van der Waals surface area contributed by atoms with Crippen LogP contribution in [-0.2, 0) is 6.54 Å². The van der Waals surface area contributed by atoms with E-state index >= 15 is 0 Å². The predicted molar refractivity (Wildman–Crippen MR) is 102 cm³/mol. The summed E-state index contributed by atoms with van der Waals surface area (Å²) in [6.45, 7) is 0.423. The number of benzene rings is 2. The first kappa shape index (κ1) is 16.2. The van der Waals surface area contributed by atoms with Gasteiger partial charge in [0.2, 0.25) is 0 Å². The number of aliphatic hydroxyl groups is 1. The van der Waals surface area contributed by atoms with E-state index in [2.05, 4.69) is 22.2 Å². The highest BCUT2D eigenvalue weighted by atomic mass is 16.3. The van der Waals surface area contributed by atoms with E-state index in [0.29, 0.717) is 6.54 Å². The van der Waals surface area contributed by atoms with Gasteiger partial charge in [-0.15, -0.1) is 0 Å². The Morgan fingerprint density at radius 2 is 1.65 bits per heavy atom. The minimum atomic E-state index is -0.578. The van der Waals surface area contributed by atoms with Gasteiger partial charge >= 0.3 is 0 Å². The molecule has 0 fully saturated rings. The van der Waals surface area contributed by atoms with Crippen LogP contribution in [-0.4, -0.2) is 19.9 Å². The maximum atomic E-state index is 10.4. The highest BCUT2D eigenvalue weighted by Crippen LogP contribution is 2.25. The van der Waals surface area contributed by atoms with E-state index in [1.807, 2.05) is 73.1 Å². The van der Waals surface area contributed by atoms with Crippen molar-refractivity contribution in [3.63, 3.8) is 0 Å². The Balaban J connectivity index is 1.55. The Hall–Kier alpha value is -3.24. The molecule has 2 aromatic carbocycles. The summed E-state index contributed by atoms with van der Waals surface area (Å²) in [5, 5.41) is 15.0. The molecule has 0 bridgehead atoms.